The first-order valence-electron chi connectivity index (χ1n) is 5.86. The molecule has 2 unspecified atom stereocenters. The average Bonchev–Trinajstić information content (AvgIpc) is 2.26. The van der Waals surface area contributed by atoms with Gasteiger partial charge in [-0.25, -0.2) is 0 Å². The normalized spacial score (nSPS) is 14.6. The van der Waals surface area contributed by atoms with Crippen LogP contribution in [0.25, 0.3) is 0 Å². The summed E-state index contributed by atoms with van der Waals surface area (Å²) in [5, 5.41) is 8.89. The largest absolute Gasteiger partial charge is 0.481 e. The monoisotopic (exact) mass is 245 g/mol. The molecule has 0 aromatic carbocycles. The van der Waals surface area contributed by atoms with E-state index in [9.17, 15) is 9.59 Å². The van der Waals surface area contributed by atoms with Crippen LogP contribution in [0.15, 0.2) is 0 Å². The molecule has 5 nitrogen and oxygen atoms in total. The number of hydrogen-bond acceptors (Lipinski definition) is 4. The number of ketones is 1. The number of aliphatic carboxylic acids is 1. The summed E-state index contributed by atoms with van der Waals surface area (Å²) < 4.78 is 4.96. The van der Waals surface area contributed by atoms with Gasteiger partial charge in [-0.15, -0.1) is 0 Å². The van der Waals surface area contributed by atoms with E-state index >= 15 is 0 Å². The minimum Gasteiger partial charge on any atom is -0.481 e. The highest BCUT2D eigenvalue weighted by atomic mass is 16.5. The van der Waals surface area contributed by atoms with Crippen LogP contribution in [0.2, 0.25) is 0 Å². The van der Waals surface area contributed by atoms with E-state index in [0.29, 0.717) is 19.7 Å². The van der Waals surface area contributed by atoms with Crippen LogP contribution in [0.3, 0.4) is 0 Å². The van der Waals surface area contributed by atoms with Crippen LogP contribution in [0.1, 0.15) is 27.2 Å². The number of carboxylic acids is 1. The fourth-order valence-corrected chi connectivity index (χ4v) is 1.54. The second kappa shape index (κ2) is 8.20. The van der Waals surface area contributed by atoms with E-state index in [2.05, 4.69) is 0 Å². The number of carboxylic acid groups (broad SMARTS) is 1. The van der Waals surface area contributed by atoms with Crippen LogP contribution in [-0.4, -0.2) is 54.6 Å². The van der Waals surface area contributed by atoms with E-state index < -0.39 is 11.9 Å². The summed E-state index contributed by atoms with van der Waals surface area (Å²) in [6.45, 7) is 6.66. The zero-order valence-corrected chi connectivity index (χ0v) is 11.1. The van der Waals surface area contributed by atoms with Crippen molar-refractivity contribution >= 4 is 11.8 Å². The molecule has 0 fully saturated rings. The molecule has 0 rings (SSSR count). The first-order valence-corrected chi connectivity index (χ1v) is 5.86. The van der Waals surface area contributed by atoms with Gasteiger partial charge in [-0.2, -0.15) is 0 Å². The standard InChI is InChI=1S/C12H23NO4/c1-9(12(15)16)8-13(6-5-7-17-4)10(2)11(3)14/h9-10H,5-8H2,1-4H3,(H,15,16). The summed E-state index contributed by atoms with van der Waals surface area (Å²) in [5.41, 5.74) is 0. The van der Waals surface area contributed by atoms with Crippen molar-refractivity contribution in [1.82, 2.24) is 4.90 Å². The molecule has 5 heteroatoms. The Morgan fingerprint density at radius 2 is 1.94 bits per heavy atom. The van der Waals surface area contributed by atoms with Crippen molar-refractivity contribution in [3.8, 4) is 0 Å². The Morgan fingerprint density at radius 3 is 2.35 bits per heavy atom. The van der Waals surface area contributed by atoms with Gasteiger partial charge in [0.25, 0.3) is 0 Å². The predicted octanol–water partition coefficient (Wildman–Crippen LogP) is 1.02. The lowest BCUT2D eigenvalue weighted by atomic mass is 10.1. The number of rotatable bonds is 9. The molecule has 17 heavy (non-hydrogen) atoms. The fourth-order valence-electron chi connectivity index (χ4n) is 1.54. The topological polar surface area (TPSA) is 66.8 Å². The van der Waals surface area contributed by atoms with E-state index in [1.807, 2.05) is 11.8 Å². The Labute approximate surface area is 103 Å². The molecule has 0 saturated heterocycles. The average molecular weight is 245 g/mol. The molecule has 0 aromatic heterocycles. The second-order valence-electron chi connectivity index (χ2n) is 4.37. The molecule has 100 valence electrons. The van der Waals surface area contributed by atoms with Gasteiger partial charge < -0.3 is 9.84 Å². The molecule has 0 aliphatic rings. The van der Waals surface area contributed by atoms with Gasteiger partial charge >= 0.3 is 5.97 Å². The Balaban J connectivity index is 4.39. The molecular formula is C12H23NO4. The third-order valence-electron chi connectivity index (χ3n) is 2.86. The minimum atomic E-state index is -0.836. The first-order chi connectivity index (χ1) is 7.90. The van der Waals surface area contributed by atoms with Gasteiger partial charge in [0, 0.05) is 26.8 Å². The number of ether oxygens (including phenoxy) is 1. The summed E-state index contributed by atoms with van der Waals surface area (Å²) in [6.07, 6.45) is 0.792. The summed E-state index contributed by atoms with van der Waals surface area (Å²) in [4.78, 5) is 24.1. The highest BCUT2D eigenvalue weighted by Crippen LogP contribution is 2.07. The molecule has 2 atom stereocenters. The molecule has 1 N–H and O–H groups in total. The van der Waals surface area contributed by atoms with Crippen LogP contribution in [0.5, 0.6) is 0 Å². The number of methoxy groups -OCH3 is 1. The molecule has 0 heterocycles. The maximum Gasteiger partial charge on any atom is 0.307 e. The fraction of sp³-hybridized carbons (Fsp3) is 0.833. The van der Waals surface area contributed by atoms with Crippen molar-refractivity contribution in [3.63, 3.8) is 0 Å². The van der Waals surface area contributed by atoms with Gasteiger partial charge in [0.1, 0.15) is 5.78 Å². The summed E-state index contributed by atoms with van der Waals surface area (Å²) >= 11 is 0. The maximum atomic E-state index is 11.3. The SMILES string of the molecule is COCCCN(CC(C)C(=O)O)C(C)C(C)=O. The van der Waals surface area contributed by atoms with E-state index in [-0.39, 0.29) is 11.8 Å². The Bertz CT molecular complexity index is 255. The van der Waals surface area contributed by atoms with Crippen molar-refractivity contribution in [1.29, 1.82) is 0 Å². The molecule has 0 amide bonds. The molecular weight excluding hydrogens is 222 g/mol. The zero-order valence-electron chi connectivity index (χ0n) is 11.1. The predicted molar refractivity (Wildman–Crippen MR) is 65.0 cm³/mol. The van der Waals surface area contributed by atoms with Gasteiger partial charge in [0.05, 0.1) is 12.0 Å². The van der Waals surface area contributed by atoms with Crippen LogP contribution >= 0.6 is 0 Å². The molecule has 0 aromatic rings. The van der Waals surface area contributed by atoms with E-state index in [4.69, 9.17) is 9.84 Å². The van der Waals surface area contributed by atoms with Crippen LogP contribution < -0.4 is 0 Å². The maximum absolute atomic E-state index is 11.3. The number of nitrogens with zero attached hydrogens (tertiary/aromatic N) is 1. The van der Waals surface area contributed by atoms with Gasteiger partial charge in [0.15, 0.2) is 0 Å². The number of hydrogen-bond donors (Lipinski definition) is 1. The van der Waals surface area contributed by atoms with E-state index in [1.165, 1.54) is 6.92 Å². The summed E-state index contributed by atoms with van der Waals surface area (Å²) in [6, 6.07) is -0.242. The van der Waals surface area contributed by atoms with Crippen molar-refractivity contribution in [2.24, 2.45) is 5.92 Å². The lowest BCUT2D eigenvalue weighted by Crippen LogP contribution is -2.42. The van der Waals surface area contributed by atoms with Crippen molar-refractivity contribution < 1.29 is 19.4 Å². The Morgan fingerprint density at radius 1 is 1.35 bits per heavy atom. The number of carbonyl (C=O) groups excluding carboxylic acids is 1. The van der Waals surface area contributed by atoms with E-state index in [1.54, 1.807) is 14.0 Å². The summed E-state index contributed by atoms with van der Waals surface area (Å²) in [7, 11) is 1.62. The zero-order chi connectivity index (χ0) is 13.4. The van der Waals surface area contributed by atoms with Gasteiger partial charge in [-0.05, 0) is 20.3 Å². The Kier molecular flexibility index (Phi) is 7.74. The van der Waals surface area contributed by atoms with Crippen molar-refractivity contribution in [2.75, 3.05) is 26.8 Å². The molecule has 0 bridgehead atoms. The third kappa shape index (κ3) is 6.38. The quantitative estimate of drug-likeness (QED) is 0.614. The van der Waals surface area contributed by atoms with Gasteiger partial charge in [-0.3, -0.25) is 14.5 Å². The molecule has 0 radical (unpaired) electrons. The van der Waals surface area contributed by atoms with E-state index in [0.717, 1.165) is 6.42 Å². The number of Topliss-reactive ketones (excluding diaryl/α,β-unsaturated/α-hetero) is 1. The molecule has 0 aliphatic heterocycles. The third-order valence-corrected chi connectivity index (χ3v) is 2.86. The molecule has 0 saturated carbocycles. The van der Waals surface area contributed by atoms with Gasteiger partial charge in [0.2, 0.25) is 0 Å². The van der Waals surface area contributed by atoms with Crippen LogP contribution in [0.4, 0.5) is 0 Å². The van der Waals surface area contributed by atoms with Gasteiger partial charge in [-0.1, -0.05) is 6.92 Å². The number of carbonyl (C=O) groups is 2. The van der Waals surface area contributed by atoms with Crippen LogP contribution in [-0.2, 0) is 14.3 Å². The second-order valence-corrected chi connectivity index (χ2v) is 4.37. The smallest absolute Gasteiger partial charge is 0.307 e. The highest BCUT2D eigenvalue weighted by molar-refractivity contribution is 5.81. The molecule has 0 spiro atoms. The first kappa shape index (κ1) is 16.1. The highest BCUT2D eigenvalue weighted by Gasteiger charge is 2.22. The Hall–Kier alpha value is -0.940. The summed E-state index contributed by atoms with van der Waals surface area (Å²) in [5.74, 6) is -1.25. The minimum absolute atomic E-state index is 0.0556. The van der Waals surface area contributed by atoms with Crippen molar-refractivity contribution in [3.05, 3.63) is 0 Å². The molecule has 0 aliphatic carbocycles. The van der Waals surface area contributed by atoms with Crippen molar-refractivity contribution in [2.45, 2.75) is 33.2 Å². The van der Waals surface area contributed by atoms with Crippen LogP contribution in [0, 0.1) is 5.92 Å². The lowest BCUT2D eigenvalue weighted by Gasteiger charge is -2.28. The lowest BCUT2D eigenvalue weighted by molar-refractivity contribution is -0.142.